The van der Waals surface area contributed by atoms with Crippen molar-refractivity contribution >= 4 is 23.5 Å². The smallest absolute Gasteiger partial charge is 0.407 e. The van der Waals surface area contributed by atoms with Crippen LogP contribution >= 0.6 is 11.6 Å². The second-order valence-corrected chi connectivity index (χ2v) is 7.43. The van der Waals surface area contributed by atoms with E-state index in [-0.39, 0.29) is 17.5 Å². The highest BCUT2D eigenvalue weighted by Crippen LogP contribution is 2.29. The number of Topliss-reactive ketones (excluding diaryl/α,β-unsaturated/α-hetero) is 1. The normalized spacial score (nSPS) is 19.2. The van der Waals surface area contributed by atoms with Crippen LogP contribution in [0.3, 0.4) is 0 Å². The van der Waals surface area contributed by atoms with Gasteiger partial charge in [0.05, 0.1) is 19.2 Å². The van der Waals surface area contributed by atoms with Crippen LogP contribution in [0.2, 0.25) is 5.02 Å². The van der Waals surface area contributed by atoms with Gasteiger partial charge >= 0.3 is 6.09 Å². The topological polar surface area (TPSA) is 67.9 Å². The van der Waals surface area contributed by atoms with Gasteiger partial charge < -0.3 is 19.7 Å². The Kier molecular flexibility index (Phi) is 6.04. The van der Waals surface area contributed by atoms with Gasteiger partial charge in [-0.2, -0.15) is 0 Å². The van der Waals surface area contributed by atoms with E-state index in [4.69, 9.17) is 21.1 Å². The quantitative estimate of drug-likeness (QED) is 0.580. The summed E-state index contributed by atoms with van der Waals surface area (Å²) in [7, 11) is 1.56. The van der Waals surface area contributed by atoms with Crippen LogP contribution in [0, 0.1) is 0 Å². The van der Waals surface area contributed by atoms with Gasteiger partial charge in [-0.3, -0.25) is 4.79 Å². The average Bonchev–Trinajstić information content (AvgIpc) is 3.00. The molecule has 0 atom stereocenters. The molecule has 0 bridgehead atoms. The third-order valence-electron chi connectivity index (χ3n) is 5.22. The predicted octanol–water partition coefficient (Wildman–Crippen LogP) is 3.28. The SMILES string of the molecule is COc1ccc(Cl)cc1C(=O)CCCCN1CCC2(CC1)CNC(=O)O2. The number of likely N-dealkylation sites (tertiary alicyclic amines) is 1. The van der Waals surface area contributed by atoms with E-state index < -0.39 is 0 Å². The summed E-state index contributed by atoms with van der Waals surface area (Å²) in [5.74, 6) is 0.631. The number of rotatable bonds is 7. The number of hydrogen-bond donors (Lipinski definition) is 1. The van der Waals surface area contributed by atoms with Gasteiger partial charge in [-0.25, -0.2) is 4.79 Å². The zero-order chi connectivity index (χ0) is 18.6. The summed E-state index contributed by atoms with van der Waals surface area (Å²) < 4.78 is 10.7. The Hall–Kier alpha value is -1.79. The molecule has 2 saturated heterocycles. The summed E-state index contributed by atoms with van der Waals surface area (Å²) >= 11 is 5.99. The van der Waals surface area contributed by atoms with Crippen LogP contribution in [0.5, 0.6) is 5.75 Å². The first-order valence-electron chi connectivity index (χ1n) is 9.07. The van der Waals surface area contributed by atoms with Crippen LogP contribution in [-0.4, -0.2) is 55.7 Å². The van der Waals surface area contributed by atoms with E-state index in [0.717, 1.165) is 45.3 Å². The lowest BCUT2D eigenvalue weighted by atomic mass is 9.91. The minimum atomic E-state index is -0.299. The van der Waals surface area contributed by atoms with Crippen molar-refractivity contribution in [2.24, 2.45) is 0 Å². The maximum absolute atomic E-state index is 12.4. The number of hydrogen-bond acceptors (Lipinski definition) is 5. The molecular weight excluding hydrogens is 356 g/mol. The van der Waals surface area contributed by atoms with Crippen LogP contribution in [0.15, 0.2) is 18.2 Å². The number of amides is 1. The molecule has 142 valence electrons. The first kappa shape index (κ1) is 19.0. The minimum absolute atomic E-state index is 0.0610. The lowest BCUT2D eigenvalue weighted by molar-refractivity contribution is 0.000670. The molecule has 3 rings (SSSR count). The molecule has 2 fully saturated rings. The number of unbranched alkanes of at least 4 members (excludes halogenated alkanes) is 1. The molecule has 1 spiro atoms. The van der Waals surface area contributed by atoms with Crippen LogP contribution in [0.1, 0.15) is 42.5 Å². The van der Waals surface area contributed by atoms with Gasteiger partial charge in [0.2, 0.25) is 0 Å². The molecule has 1 amide bonds. The number of nitrogens with one attached hydrogen (secondary N) is 1. The Balaban J connectivity index is 1.39. The Bertz CT molecular complexity index is 672. The maximum Gasteiger partial charge on any atom is 0.407 e. The molecule has 0 radical (unpaired) electrons. The van der Waals surface area contributed by atoms with Crippen molar-refractivity contribution in [3.63, 3.8) is 0 Å². The maximum atomic E-state index is 12.4. The van der Waals surface area contributed by atoms with Crippen molar-refractivity contribution < 1.29 is 19.1 Å². The van der Waals surface area contributed by atoms with Crippen LogP contribution < -0.4 is 10.1 Å². The molecule has 1 N–H and O–H groups in total. The fourth-order valence-electron chi connectivity index (χ4n) is 3.62. The van der Waals surface area contributed by atoms with Crippen molar-refractivity contribution in [2.75, 3.05) is 33.3 Å². The highest BCUT2D eigenvalue weighted by Gasteiger charge is 2.42. The number of halogens is 1. The number of piperidine rings is 1. The first-order chi connectivity index (χ1) is 12.5. The van der Waals surface area contributed by atoms with Gasteiger partial charge in [-0.1, -0.05) is 11.6 Å². The van der Waals surface area contributed by atoms with Crippen molar-refractivity contribution in [2.45, 2.75) is 37.7 Å². The van der Waals surface area contributed by atoms with Gasteiger partial charge in [0.15, 0.2) is 5.78 Å². The fraction of sp³-hybridized carbons (Fsp3) is 0.579. The van der Waals surface area contributed by atoms with Crippen LogP contribution in [0.4, 0.5) is 4.79 Å². The number of carbonyl (C=O) groups is 2. The summed E-state index contributed by atoms with van der Waals surface area (Å²) in [6.45, 7) is 3.42. The number of alkyl carbamates (subject to hydrolysis) is 1. The standard InChI is InChI=1S/C19H25ClN2O4/c1-25-17-6-5-14(20)12-15(17)16(23)4-2-3-9-22-10-7-19(8-11-22)13-21-18(24)26-19/h5-6,12H,2-4,7-11,13H2,1H3,(H,21,24). The van der Waals surface area contributed by atoms with Gasteiger partial charge in [-0.05, 0) is 37.6 Å². The minimum Gasteiger partial charge on any atom is -0.496 e. The molecular formula is C19H25ClN2O4. The van der Waals surface area contributed by atoms with E-state index in [0.29, 0.717) is 29.3 Å². The lowest BCUT2D eigenvalue weighted by Gasteiger charge is -2.37. The second-order valence-electron chi connectivity index (χ2n) is 6.99. The molecule has 1 aromatic carbocycles. The Morgan fingerprint density at radius 1 is 1.35 bits per heavy atom. The van der Waals surface area contributed by atoms with Crippen molar-refractivity contribution in [3.8, 4) is 5.75 Å². The number of methoxy groups -OCH3 is 1. The Morgan fingerprint density at radius 3 is 2.77 bits per heavy atom. The molecule has 7 heteroatoms. The van der Waals surface area contributed by atoms with Crippen LogP contribution in [0.25, 0.3) is 0 Å². The molecule has 1 aromatic rings. The summed E-state index contributed by atoms with van der Waals surface area (Å²) in [6.07, 6.45) is 3.70. The number of benzene rings is 1. The largest absolute Gasteiger partial charge is 0.496 e. The van der Waals surface area contributed by atoms with Crippen LogP contribution in [-0.2, 0) is 4.74 Å². The Labute approximate surface area is 158 Å². The van der Waals surface area contributed by atoms with E-state index in [1.165, 1.54) is 0 Å². The van der Waals surface area contributed by atoms with Gasteiger partial charge in [0.25, 0.3) is 0 Å². The molecule has 2 aliphatic rings. The average molecular weight is 381 g/mol. The van der Waals surface area contributed by atoms with Gasteiger partial charge in [0, 0.05) is 37.4 Å². The van der Waals surface area contributed by atoms with Crippen molar-refractivity contribution in [1.29, 1.82) is 0 Å². The van der Waals surface area contributed by atoms with Crippen molar-refractivity contribution in [1.82, 2.24) is 10.2 Å². The third-order valence-corrected chi connectivity index (χ3v) is 5.46. The van der Waals surface area contributed by atoms with E-state index in [1.807, 2.05) is 0 Å². The molecule has 26 heavy (non-hydrogen) atoms. The van der Waals surface area contributed by atoms with E-state index in [1.54, 1.807) is 25.3 Å². The second kappa shape index (κ2) is 8.27. The van der Waals surface area contributed by atoms with E-state index in [2.05, 4.69) is 10.2 Å². The molecule has 6 nitrogen and oxygen atoms in total. The number of ether oxygens (including phenoxy) is 2. The Morgan fingerprint density at radius 2 is 2.12 bits per heavy atom. The number of carbonyl (C=O) groups excluding carboxylic acids is 2. The summed E-state index contributed by atoms with van der Waals surface area (Å²) in [6, 6.07) is 5.12. The molecule has 0 aromatic heterocycles. The molecule has 0 unspecified atom stereocenters. The highest BCUT2D eigenvalue weighted by atomic mass is 35.5. The van der Waals surface area contributed by atoms with E-state index >= 15 is 0 Å². The molecule has 0 aliphatic carbocycles. The van der Waals surface area contributed by atoms with Gasteiger partial charge in [-0.15, -0.1) is 0 Å². The van der Waals surface area contributed by atoms with Crippen molar-refractivity contribution in [3.05, 3.63) is 28.8 Å². The molecule has 0 saturated carbocycles. The molecule has 2 heterocycles. The predicted molar refractivity (Wildman–Crippen MR) is 99.1 cm³/mol. The summed E-state index contributed by atoms with van der Waals surface area (Å²) in [4.78, 5) is 26.1. The monoisotopic (exact) mass is 380 g/mol. The molecule has 2 aliphatic heterocycles. The first-order valence-corrected chi connectivity index (χ1v) is 9.45. The zero-order valence-electron chi connectivity index (χ0n) is 15.1. The number of nitrogens with zero attached hydrogens (tertiary/aromatic N) is 1. The lowest BCUT2D eigenvalue weighted by Crippen LogP contribution is -2.46. The summed E-state index contributed by atoms with van der Waals surface area (Å²) in [5, 5.41) is 3.29. The zero-order valence-corrected chi connectivity index (χ0v) is 15.8. The highest BCUT2D eigenvalue weighted by molar-refractivity contribution is 6.31. The van der Waals surface area contributed by atoms with Gasteiger partial charge in [0.1, 0.15) is 11.4 Å². The van der Waals surface area contributed by atoms with E-state index in [9.17, 15) is 9.59 Å². The number of ketones is 1. The summed E-state index contributed by atoms with van der Waals surface area (Å²) in [5.41, 5.74) is 0.252. The third kappa shape index (κ3) is 4.48. The fourth-order valence-corrected chi connectivity index (χ4v) is 3.79.